The summed E-state index contributed by atoms with van der Waals surface area (Å²) in [6, 6.07) is 7.94. The summed E-state index contributed by atoms with van der Waals surface area (Å²) in [6.45, 7) is 1.17. The van der Waals surface area contributed by atoms with Gasteiger partial charge in [0.25, 0.3) is 0 Å². The van der Waals surface area contributed by atoms with E-state index in [1.807, 2.05) is 24.3 Å². The number of halogens is 1. The summed E-state index contributed by atoms with van der Waals surface area (Å²) in [6.07, 6.45) is 3.50. The maximum atomic E-state index is 12.6. The molecule has 2 N–H and O–H groups in total. The van der Waals surface area contributed by atoms with Crippen LogP contribution < -0.4 is 5.32 Å². The molecule has 6 heteroatoms. The van der Waals surface area contributed by atoms with Gasteiger partial charge in [-0.2, -0.15) is 0 Å². The Labute approximate surface area is 149 Å². The van der Waals surface area contributed by atoms with Crippen LogP contribution in [0.25, 0.3) is 0 Å². The maximum absolute atomic E-state index is 12.6. The van der Waals surface area contributed by atoms with Crippen molar-refractivity contribution >= 4 is 27.8 Å². The van der Waals surface area contributed by atoms with E-state index in [-0.39, 0.29) is 12.3 Å². The minimum absolute atomic E-state index is 0.0570. The third-order valence-corrected chi connectivity index (χ3v) is 5.91. The van der Waals surface area contributed by atoms with Crippen LogP contribution in [0.3, 0.4) is 0 Å². The van der Waals surface area contributed by atoms with Crippen LogP contribution in [0.15, 0.2) is 28.7 Å². The molecule has 1 saturated heterocycles. The lowest BCUT2D eigenvalue weighted by Crippen LogP contribution is -2.52. The number of rotatable bonds is 5. The van der Waals surface area contributed by atoms with E-state index in [9.17, 15) is 14.7 Å². The second kappa shape index (κ2) is 6.84. The van der Waals surface area contributed by atoms with Gasteiger partial charge in [-0.15, -0.1) is 0 Å². The summed E-state index contributed by atoms with van der Waals surface area (Å²) in [5, 5.41) is 12.6. The van der Waals surface area contributed by atoms with Crippen LogP contribution in [0.5, 0.6) is 0 Å². The van der Waals surface area contributed by atoms with Crippen molar-refractivity contribution in [3.8, 4) is 0 Å². The van der Waals surface area contributed by atoms with Crippen LogP contribution in [0.2, 0.25) is 0 Å². The number of carbonyl (C=O) groups is 2. The molecule has 24 heavy (non-hydrogen) atoms. The van der Waals surface area contributed by atoms with E-state index in [2.05, 4.69) is 21.2 Å². The number of hydrogen-bond acceptors (Lipinski definition) is 3. The molecule has 5 nitrogen and oxygen atoms in total. The zero-order valence-corrected chi connectivity index (χ0v) is 15.1. The zero-order chi connectivity index (χ0) is 17.2. The first-order valence-corrected chi connectivity index (χ1v) is 9.13. The first kappa shape index (κ1) is 17.4. The van der Waals surface area contributed by atoms with Crippen molar-refractivity contribution in [3.63, 3.8) is 0 Å². The topological polar surface area (TPSA) is 75.6 Å². The van der Waals surface area contributed by atoms with Gasteiger partial charge in [0.1, 0.15) is 0 Å². The molecule has 1 aliphatic heterocycles. The second-order valence-corrected chi connectivity index (χ2v) is 7.78. The number of ether oxygens (including phenoxy) is 1. The smallest absolute Gasteiger partial charge is 0.310 e. The van der Waals surface area contributed by atoms with E-state index in [1.54, 1.807) is 0 Å². The summed E-state index contributed by atoms with van der Waals surface area (Å²) in [7, 11) is 0. The first-order chi connectivity index (χ1) is 11.5. The SMILES string of the molecule is O=C(CC1(C(=O)O)CCC1)NC1(c2ccc(Br)cc2)CCOCC1. The van der Waals surface area contributed by atoms with Gasteiger partial charge in [0.05, 0.1) is 11.0 Å². The normalized spacial score (nSPS) is 21.5. The van der Waals surface area contributed by atoms with Crippen LogP contribution >= 0.6 is 15.9 Å². The lowest BCUT2D eigenvalue weighted by Gasteiger charge is -2.41. The number of carboxylic acids is 1. The molecule has 2 fully saturated rings. The predicted molar refractivity (Wildman–Crippen MR) is 92.6 cm³/mol. The molecule has 1 aliphatic carbocycles. The molecule has 3 rings (SSSR count). The molecule has 130 valence electrons. The van der Waals surface area contributed by atoms with E-state index < -0.39 is 16.9 Å². The largest absolute Gasteiger partial charge is 0.481 e. The van der Waals surface area contributed by atoms with Gasteiger partial charge in [-0.3, -0.25) is 9.59 Å². The first-order valence-electron chi connectivity index (χ1n) is 8.34. The third-order valence-electron chi connectivity index (χ3n) is 5.39. The fraction of sp³-hybridized carbons (Fsp3) is 0.556. The Balaban J connectivity index is 1.78. The molecule has 0 atom stereocenters. The molecule has 0 unspecified atom stereocenters. The number of carboxylic acid groups (broad SMARTS) is 1. The highest BCUT2D eigenvalue weighted by Crippen LogP contribution is 2.44. The number of nitrogens with one attached hydrogen (secondary N) is 1. The van der Waals surface area contributed by atoms with Crippen molar-refractivity contribution in [3.05, 3.63) is 34.3 Å². The van der Waals surface area contributed by atoms with E-state index in [1.165, 1.54) is 0 Å². The number of aliphatic carboxylic acids is 1. The molecule has 0 bridgehead atoms. The van der Waals surface area contributed by atoms with E-state index in [0.717, 1.165) is 16.5 Å². The highest BCUT2D eigenvalue weighted by molar-refractivity contribution is 9.10. The summed E-state index contributed by atoms with van der Waals surface area (Å²) in [4.78, 5) is 24.2. The zero-order valence-electron chi connectivity index (χ0n) is 13.5. The third kappa shape index (κ3) is 3.35. The molecular formula is C18H22BrNO4. The molecule has 1 heterocycles. The molecule has 0 radical (unpaired) electrons. The van der Waals surface area contributed by atoms with Gasteiger partial charge in [-0.1, -0.05) is 34.5 Å². The van der Waals surface area contributed by atoms with Gasteiger partial charge >= 0.3 is 5.97 Å². The fourth-order valence-electron chi connectivity index (χ4n) is 3.66. The predicted octanol–water partition coefficient (Wildman–Crippen LogP) is 3.22. The van der Waals surface area contributed by atoms with Crippen molar-refractivity contribution in [1.82, 2.24) is 5.32 Å². The minimum Gasteiger partial charge on any atom is -0.481 e. The number of amides is 1. The highest BCUT2D eigenvalue weighted by Gasteiger charge is 2.47. The van der Waals surface area contributed by atoms with Crippen LogP contribution in [-0.2, 0) is 19.9 Å². The Morgan fingerprint density at radius 3 is 2.25 bits per heavy atom. The Morgan fingerprint density at radius 2 is 1.75 bits per heavy atom. The Hall–Kier alpha value is -1.40. The summed E-state index contributed by atoms with van der Waals surface area (Å²) in [5.74, 6) is -1.03. The Bertz CT molecular complexity index is 618. The van der Waals surface area contributed by atoms with Crippen molar-refractivity contribution in [1.29, 1.82) is 0 Å². The molecule has 0 spiro atoms. The highest BCUT2D eigenvalue weighted by atomic mass is 79.9. The number of hydrogen-bond donors (Lipinski definition) is 2. The molecule has 1 saturated carbocycles. The Morgan fingerprint density at radius 1 is 1.12 bits per heavy atom. The van der Waals surface area contributed by atoms with Crippen molar-refractivity contribution in [2.45, 2.75) is 44.1 Å². The molecule has 1 aromatic rings. The van der Waals surface area contributed by atoms with E-state index >= 15 is 0 Å². The summed E-state index contributed by atoms with van der Waals surface area (Å²) >= 11 is 3.43. The molecular weight excluding hydrogens is 374 g/mol. The van der Waals surface area contributed by atoms with Gasteiger partial charge in [-0.05, 0) is 43.4 Å². The number of carbonyl (C=O) groups excluding carboxylic acids is 1. The summed E-state index contributed by atoms with van der Waals surface area (Å²) < 4.78 is 6.45. The lowest BCUT2D eigenvalue weighted by molar-refractivity contribution is -0.158. The van der Waals surface area contributed by atoms with Crippen LogP contribution in [0, 0.1) is 5.41 Å². The van der Waals surface area contributed by atoms with Crippen LogP contribution in [0.4, 0.5) is 0 Å². The van der Waals surface area contributed by atoms with Crippen LogP contribution in [0.1, 0.15) is 44.1 Å². The fourth-order valence-corrected chi connectivity index (χ4v) is 3.93. The maximum Gasteiger partial charge on any atom is 0.310 e. The average Bonchev–Trinajstić information content (AvgIpc) is 2.52. The van der Waals surface area contributed by atoms with Gasteiger partial charge < -0.3 is 15.2 Å². The quantitative estimate of drug-likeness (QED) is 0.802. The molecule has 2 aliphatic rings. The number of benzene rings is 1. The molecule has 1 aromatic carbocycles. The van der Waals surface area contributed by atoms with E-state index in [4.69, 9.17) is 4.74 Å². The minimum atomic E-state index is -0.865. The lowest BCUT2D eigenvalue weighted by atomic mass is 9.66. The molecule has 0 aromatic heterocycles. The molecule has 1 amide bonds. The standard InChI is InChI=1S/C18H22BrNO4/c19-14-4-2-13(3-5-14)18(8-10-24-11-9-18)20-15(21)12-17(16(22)23)6-1-7-17/h2-5H,1,6-12H2,(H,20,21)(H,22,23). The monoisotopic (exact) mass is 395 g/mol. The average molecular weight is 396 g/mol. The summed E-state index contributed by atoms with van der Waals surface area (Å²) in [5.41, 5.74) is -0.296. The van der Waals surface area contributed by atoms with Gasteiger partial charge in [0, 0.05) is 24.1 Å². The van der Waals surface area contributed by atoms with Gasteiger partial charge in [0.2, 0.25) is 5.91 Å². The second-order valence-electron chi connectivity index (χ2n) is 6.87. The van der Waals surface area contributed by atoms with Crippen molar-refractivity contribution in [2.75, 3.05) is 13.2 Å². The van der Waals surface area contributed by atoms with Crippen LogP contribution in [-0.4, -0.2) is 30.2 Å². The Kier molecular flexibility index (Phi) is 4.97. The van der Waals surface area contributed by atoms with E-state index in [0.29, 0.717) is 38.9 Å². The van der Waals surface area contributed by atoms with Gasteiger partial charge in [0.15, 0.2) is 0 Å². The van der Waals surface area contributed by atoms with Crippen molar-refractivity contribution < 1.29 is 19.4 Å². The van der Waals surface area contributed by atoms with Crippen molar-refractivity contribution in [2.24, 2.45) is 5.41 Å². The van der Waals surface area contributed by atoms with Gasteiger partial charge in [-0.25, -0.2) is 0 Å².